The predicted molar refractivity (Wildman–Crippen MR) is 115 cm³/mol. The zero-order valence-corrected chi connectivity index (χ0v) is 17.5. The largest absolute Gasteiger partial charge is 0.356 e. The number of carbonyl (C=O) groups is 2. The third-order valence-electron chi connectivity index (χ3n) is 6.99. The van der Waals surface area contributed by atoms with Crippen LogP contribution in [0.4, 0.5) is 5.69 Å². The number of carbonyl (C=O) groups excluding carboxylic acids is 2. The second-order valence-electron chi connectivity index (χ2n) is 9.09. The van der Waals surface area contributed by atoms with Gasteiger partial charge in [-0.3, -0.25) is 14.5 Å². The molecule has 2 aliphatic heterocycles. The maximum atomic E-state index is 13.4. The number of hydrogen-bond donors (Lipinski definition) is 1. The van der Waals surface area contributed by atoms with Crippen molar-refractivity contribution in [2.45, 2.75) is 64.8 Å². The molecule has 3 aliphatic rings. The van der Waals surface area contributed by atoms with Gasteiger partial charge in [-0.05, 0) is 50.3 Å². The van der Waals surface area contributed by atoms with Crippen molar-refractivity contribution in [2.24, 2.45) is 5.92 Å². The van der Waals surface area contributed by atoms with Crippen molar-refractivity contribution in [1.82, 2.24) is 9.47 Å². The van der Waals surface area contributed by atoms with E-state index in [4.69, 9.17) is 0 Å². The van der Waals surface area contributed by atoms with Crippen molar-refractivity contribution < 1.29 is 9.59 Å². The number of hydrogen-bond acceptors (Lipinski definition) is 3. The smallest absolute Gasteiger partial charge is 0.259 e. The van der Waals surface area contributed by atoms with Gasteiger partial charge in [0.25, 0.3) is 5.91 Å². The fourth-order valence-corrected chi connectivity index (χ4v) is 5.66. The average Bonchev–Trinajstić information content (AvgIpc) is 3.19. The van der Waals surface area contributed by atoms with Crippen LogP contribution < -0.4 is 5.32 Å². The molecule has 29 heavy (non-hydrogen) atoms. The van der Waals surface area contributed by atoms with Crippen molar-refractivity contribution in [2.75, 3.05) is 11.9 Å². The van der Waals surface area contributed by atoms with E-state index in [-0.39, 0.29) is 17.7 Å². The van der Waals surface area contributed by atoms with Crippen molar-refractivity contribution in [3.63, 3.8) is 0 Å². The highest BCUT2D eigenvalue weighted by Crippen LogP contribution is 2.50. The first kappa shape index (κ1) is 18.5. The molecule has 1 aromatic heterocycles. The van der Waals surface area contributed by atoms with Gasteiger partial charge in [0.1, 0.15) is 0 Å². The minimum atomic E-state index is -0.176. The zero-order valence-electron chi connectivity index (χ0n) is 17.5. The molecule has 0 unspecified atom stereocenters. The molecule has 0 radical (unpaired) electrons. The van der Waals surface area contributed by atoms with Gasteiger partial charge >= 0.3 is 0 Å². The van der Waals surface area contributed by atoms with Gasteiger partial charge in [0.05, 0.1) is 12.1 Å². The normalized spacial score (nSPS) is 22.3. The highest BCUT2D eigenvalue weighted by atomic mass is 16.2. The van der Waals surface area contributed by atoms with Crippen molar-refractivity contribution in [3.8, 4) is 0 Å². The van der Waals surface area contributed by atoms with Gasteiger partial charge in [0.15, 0.2) is 0 Å². The van der Waals surface area contributed by atoms with E-state index in [1.165, 1.54) is 47.6 Å². The molecular formula is C24H29N3O2. The number of nitrogens with one attached hydrogen (secondary N) is 1. The molecule has 1 aliphatic carbocycles. The molecule has 0 saturated heterocycles. The van der Waals surface area contributed by atoms with E-state index in [2.05, 4.69) is 48.1 Å². The minimum absolute atomic E-state index is 0.0563. The summed E-state index contributed by atoms with van der Waals surface area (Å²) in [6.07, 6.45) is 8.28. The highest BCUT2D eigenvalue weighted by molar-refractivity contribution is 6.10. The number of rotatable bonds is 2. The van der Waals surface area contributed by atoms with E-state index in [1.807, 2.05) is 0 Å². The fraction of sp³-hybridized carbons (Fsp3) is 0.500. The van der Waals surface area contributed by atoms with E-state index < -0.39 is 0 Å². The predicted octanol–water partition coefficient (Wildman–Crippen LogP) is 4.95. The SMILES string of the molecule is CC(=O)N1CC2=C(C1=O)[C@H](C1CCCCC1)c1cn(C(C)C)c3cccc(c13)N2. The quantitative estimate of drug-likeness (QED) is 0.788. The number of amides is 2. The molecule has 3 heterocycles. The van der Waals surface area contributed by atoms with E-state index in [9.17, 15) is 9.59 Å². The molecule has 1 N–H and O–H groups in total. The fourth-order valence-electron chi connectivity index (χ4n) is 5.66. The van der Waals surface area contributed by atoms with Crippen LogP contribution in [0.3, 0.4) is 0 Å². The lowest BCUT2D eigenvalue weighted by atomic mass is 9.73. The molecular weight excluding hydrogens is 362 g/mol. The molecule has 5 rings (SSSR count). The molecule has 1 fully saturated rings. The lowest BCUT2D eigenvalue weighted by Gasteiger charge is -2.31. The summed E-state index contributed by atoms with van der Waals surface area (Å²) in [6.45, 7) is 6.25. The lowest BCUT2D eigenvalue weighted by Crippen LogP contribution is -2.34. The molecule has 1 saturated carbocycles. The molecule has 5 heteroatoms. The number of aromatic nitrogens is 1. The first-order valence-corrected chi connectivity index (χ1v) is 10.9. The topological polar surface area (TPSA) is 54.3 Å². The third kappa shape index (κ3) is 2.74. The maximum Gasteiger partial charge on any atom is 0.259 e. The van der Waals surface area contributed by atoms with Crippen LogP contribution in [0.1, 0.15) is 70.4 Å². The molecule has 0 spiro atoms. The first-order valence-electron chi connectivity index (χ1n) is 10.9. The van der Waals surface area contributed by atoms with Crippen LogP contribution in [0.15, 0.2) is 35.7 Å². The molecule has 1 aromatic carbocycles. The van der Waals surface area contributed by atoms with Gasteiger partial charge in [-0.1, -0.05) is 25.3 Å². The van der Waals surface area contributed by atoms with E-state index >= 15 is 0 Å². The van der Waals surface area contributed by atoms with E-state index in [1.54, 1.807) is 0 Å². The van der Waals surface area contributed by atoms with E-state index in [0.29, 0.717) is 18.5 Å². The van der Waals surface area contributed by atoms with Gasteiger partial charge < -0.3 is 9.88 Å². The van der Waals surface area contributed by atoms with Crippen LogP contribution in [-0.2, 0) is 9.59 Å². The maximum absolute atomic E-state index is 13.4. The van der Waals surface area contributed by atoms with Crippen LogP contribution in [0.2, 0.25) is 0 Å². The standard InChI is InChI=1S/C24H29N3O2/c1-14(2)26-12-17-21(16-8-5-4-6-9-16)23-19(13-27(15(3)28)24(23)29)25-18-10-7-11-20(26)22(17)18/h7,10-12,14,16,21,25H,4-6,8-9,13H2,1-3H3/t21-/m1/s1. The van der Waals surface area contributed by atoms with Gasteiger partial charge in [-0.15, -0.1) is 0 Å². The summed E-state index contributed by atoms with van der Waals surface area (Å²) in [7, 11) is 0. The van der Waals surface area contributed by atoms with Gasteiger partial charge in [-0.25, -0.2) is 0 Å². The number of benzene rings is 1. The van der Waals surface area contributed by atoms with Crippen LogP contribution in [0.25, 0.3) is 10.9 Å². The Kier molecular flexibility index (Phi) is 4.30. The van der Waals surface area contributed by atoms with Gasteiger partial charge in [-0.2, -0.15) is 0 Å². The van der Waals surface area contributed by atoms with Crippen molar-refractivity contribution in [3.05, 3.63) is 41.2 Å². The Balaban J connectivity index is 1.75. The Morgan fingerprint density at radius 3 is 2.62 bits per heavy atom. The minimum Gasteiger partial charge on any atom is -0.356 e. The lowest BCUT2D eigenvalue weighted by molar-refractivity contribution is -0.139. The number of imide groups is 1. The van der Waals surface area contributed by atoms with Crippen LogP contribution >= 0.6 is 0 Å². The summed E-state index contributed by atoms with van der Waals surface area (Å²) in [5.74, 6) is 0.226. The third-order valence-corrected chi connectivity index (χ3v) is 6.99. The summed E-state index contributed by atoms with van der Waals surface area (Å²) in [5, 5.41) is 4.82. The molecule has 2 aromatic rings. The molecule has 0 bridgehead atoms. The van der Waals surface area contributed by atoms with Crippen LogP contribution in [0.5, 0.6) is 0 Å². The van der Waals surface area contributed by atoms with Crippen molar-refractivity contribution >= 4 is 28.4 Å². The summed E-state index contributed by atoms with van der Waals surface area (Å²) in [5.41, 5.74) is 5.28. The molecule has 152 valence electrons. The molecule has 5 nitrogen and oxygen atoms in total. The summed E-state index contributed by atoms with van der Waals surface area (Å²) < 4.78 is 2.33. The Hall–Kier alpha value is -2.56. The molecule has 1 atom stereocenters. The average molecular weight is 392 g/mol. The Bertz CT molecular complexity index is 1040. The zero-order chi connectivity index (χ0) is 20.3. The van der Waals surface area contributed by atoms with Crippen molar-refractivity contribution in [1.29, 1.82) is 0 Å². The second kappa shape index (κ2) is 6.75. The molecule has 2 amide bonds. The van der Waals surface area contributed by atoms with Crippen LogP contribution in [0, 0.1) is 5.92 Å². The van der Waals surface area contributed by atoms with Crippen LogP contribution in [-0.4, -0.2) is 27.8 Å². The monoisotopic (exact) mass is 391 g/mol. The highest BCUT2D eigenvalue weighted by Gasteiger charge is 2.43. The first-order chi connectivity index (χ1) is 14.0. The summed E-state index contributed by atoms with van der Waals surface area (Å²) >= 11 is 0. The number of nitrogens with zero attached hydrogens (tertiary/aromatic N) is 2. The number of anilines is 1. The summed E-state index contributed by atoms with van der Waals surface area (Å²) in [6, 6.07) is 6.70. The van der Waals surface area contributed by atoms with Gasteiger partial charge in [0, 0.05) is 47.4 Å². The Morgan fingerprint density at radius 1 is 1.17 bits per heavy atom. The Morgan fingerprint density at radius 2 is 1.93 bits per heavy atom. The van der Waals surface area contributed by atoms with E-state index in [0.717, 1.165) is 29.8 Å². The van der Waals surface area contributed by atoms with Gasteiger partial charge in [0.2, 0.25) is 5.91 Å². The summed E-state index contributed by atoms with van der Waals surface area (Å²) in [4.78, 5) is 26.9. The Labute approximate surface area is 171 Å². The second-order valence-corrected chi connectivity index (χ2v) is 9.09.